The molecule has 3 aliphatic heterocycles. The van der Waals surface area contributed by atoms with Crippen LogP contribution in [0.15, 0.2) is 64.8 Å². The van der Waals surface area contributed by atoms with E-state index >= 15 is 0 Å². The first kappa shape index (κ1) is 25.0. The summed E-state index contributed by atoms with van der Waals surface area (Å²) in [5.74, 6) is 2.22. The Morgan fingerprint density at radius 3 is 2.44 bits per heavy atom. The molecule has 0 radical (unpaired) electrons. The van der Waals surface area contributed by atoms with Gasteiger partial charge in [0.05, 0.1) is 39.8 Å². The van der Waals surface area contributed by atoms with Crippen LogP contribution in [-0.2, 0) is 16.8 Å². The molecule has 4 atom stereocenters. The van der Waals surface area contributed by atoms with Crippen LogP contribution in [0.5, 0.6) is 11.5 Å². The zero-order chi connectivity index (χ0) is 27.1. The minimum Gasteiger partial charge on any atom is -0.497 e. The third kappa shape index (κ3) is 4.04. The Morgan fingerprint density at radius 2 is 1.79 bits per heavy atom. The van der Waals surface area contributed by atoms with Crippen molar-refractivity contribution in [2.75, 3.05) is 20.8 Å². The number of nitrogens with one attached hydrogen (secondary N) is 1. The van der Waals surface area contributed by atoms with Crippen molar-refractivity contribution in [1.29, 1.82) is 0 Å². The Balaban J connectivity index is 1.46. The number of ether oxygens (including phenoxy) is 3. The largest absolute Gasteiger partial charge is 0.497 e. The van der Waals surface area contributed by atoms with E-state index in [2.05, 4.69) is 15.3 Å². The maximum Gasteiger partial charge on any atom is 0.324 e. The van der Waals surface area contributed by atoms with Crippen molar-refractivity contribution >= 4 is 24.0 Å². The van der Waals surface area contributed by atoms with Crippen LogP contribution in [0.1, 0.15) is 29.5 Å². The number of hydrogen-bond acceptors (Lipinski definition) is 9. The van der Waals surface area contributed by atoms with Crippen molar-refractivity contribution in [3.05, 3.63) is 71.7 Å². The number of nitrogens with zero attached hydrogens (tertiary/aromatic N) is 5. The minimum atomic E-state index is -1.26. The summed E-state index contributed by atoms with van der Waals surface area (Å²) in [4.78, 5) is 29.2. The number of aliphatic hydroxyl groups is 2. The Morgan fingerprint density at radius 1 is 1.10 bits per heavy atom. The number of urea groups is 1. The average Bonchev–Trinajstić information content (AvgIpc) is 3.60. The van der Waals surface area contributed by atoms with E-state index in [-0.39, 0.29) is 25.6 Å². The van der Waals surface area contributed by atoms with Crippen LogP contribution < -0.4 is 14.8 Å². The second kappa shape index (κ2) is 9.80. The number of amides is 2. The van der Waals surface area contributed by atoms with E-state index in [1.807, 2.05) is 48.5 Å². The number of aliphatic imine (C=N–C) groups is 2. The zero-order valence-electron chi connectivity index (χ0n) is 21.4. The highest BCUT2D eigenvalue weighted by atomic mass is 16.5. The van der Waals surface area contributed by atoms with Crippen LogP contribution >= 0.6 is 0 Å². The van der Waals surface area contributed by atoms with Gasteiger partial charge in [-0.25, -0.2) is 19.8 Å². The molecule has 1 aromatic heterocycles. The lowest BCUT2D eigenvalue weighted by atomic mass is 9.85. The fourth-order valence-corrected chi connectivity index (χ4v) is 5.30. The van der Waals surface area contributed by atoms with Gasteiger partial charge in [0, 0.05) is 6.42 Å². The smallest absolute Gasteiger partial charge is 0.324 e. The lowest BCUT2D eigenvalue weighted by molar-refractivity contribution is -0.0438. The number of fused-ring (bicyclic) bond motifs is 3. The first-order valence-electron chi connectivity index (χ1n) is 12.5. The highest BCUT2D eigenvalue weighted by molar-refractivity contribution is 6.15. The summed E-state index contributed by atoms with van der Waals surface area (Å²) < 4.78 is 18.2. The van der Waals surface area contributed by atoms with Gasteiger partial charge in [-0.15, -0.1) is 0 Å². The summed E-state index contributed by atoms with van der Waals surface area (Å²) in [6.45, 7) is -0.0518. The number of benzene rings is 2. The first-order valence-corrected chi connectivity index (χ1v) is 12.5. The van der Waals surface area contributed by atoms with Crippen molar-refractivity contribution in [1.82, 2.24) is 19.8 Å². The first-order chi connectivity index (χ1) is 19.0. The highest BCUT2D eigenvalue weighted by Crippen LogP contribution is 2.44. The number of imidazole rings is 1. The molecule has 0 spiro atoms. The van der Waals surface area contributed by atoms with Crippen LogP contribution in [0.3, 0.4) is 0 Å². The van der Waals surface area contributed by atoms with Gasteiger partial charge >= 0.3 is 6.03 Å². The SMILES string of the molecule is COc1ccc(CN2C(=O)NC3(c4ccc(OC)cc4)C2=NC=Nc2c3ncn2[C@H]2C[C@@H](O)C(CO)O2)cc1. The van der Waals surface area contributed by atoms with Gasteiger partial charge in [-0.3, -0.25) is 9.47 Å². The maximum absolute atomic E-state index is 13.6. The Bertz CT molecular complexity index is 1440. The van der Waals surface area contributed by atoms with E-state index in [4.69, 9.17) is 19.2 Å². The predicted molar refractivity (Wildman–Crippen MR) is 140 cm³/mol. The molecular formula is C27H28N6O6. The standard InChI is InChI=1S/C27H28N6O6/c1-37-18-7-3-16(4-8-18)12-32-25-27(31-26(32)36,17-5-9-19(38-2)10-6-17)23-24(28-14-29-25)33(15-30-23)22-11-20(35)21(13-34)39-22/h3-10,14-15,20-22,34-35H,11-13H2,1-2H3,(H,31,36)/t20-,21?,22-,27?/m1/s1. The molecule has 202 valence electrons. The van der Waals surface area contributed by atoms with E-state index in [9.17, 15) is 15.0 Å². The molecule has 3 aromatic rings. The molecule has 2 amide bonds. The summed E-state index contributed by atoms with van der Waals surface area (Å²) in [7, 11) is 3.19. The molecule has 6 rings (SSSR count). The number of amidine groups is 1. The Kier molecular flexibility index (Phi) is 6.29. The van der Waals surface area contributed by atoms with Crippen molar-refractivity contribution in [2.45, 2.75) is 36.9 Å². The fourth-order valence-electron chi connectivity index (χ4n) is 5.30. The Labute approximate surface area is 224 Å². The van der Waals surface area contributed by atoms with Crippen LogP contribution in [-0.4, -0.2) is 75.9 Å². The number of aliphatic hydroxyl groups excluding tert-OH is 2. The third-order valence-corrected chi connectivity index (χ3v) is 7.33. The number of aromatic nitrogens is 2. The lowest BCUT2D eigenvalue weighted by Gasteiger charge is -2.29. The van der Waals surface area contributed by atoms with Gasteiger partial charge in [0.1, 0.15) is 35.9 Å². The summed E-state index contributed by atoms with van der Waals surface area (Å²) >= 11 is 0. The van der Waals surface area contributed by atoms with E-state index in [0.717, 1.165) is 5.56 Å². The number of rotatable bonds is 7. The summed E-state index contributed by atoms with van der Waals surface area (Å²) in [6.07, 6.45) is 1.08. The second-order valence-corrected chi connectivity index (χ2v) is 9.48. The number of methoxy groups -OCH3 is 2. The molecule has 12 heteroatoms. The molecule has 2 saturated heterocycles. The second-order valence-electron chi connectivity index (χ2n) is 9.48. The normalized spacial score (nSPS) is 25.5. The summed E-state index contributed by atoms with van der Waals surface area (Å²) in [6, 6.07) is 14.5. The van der Waals surface area contributed by atoms with Gasteiger partial charge in [0.15, 0.2) is 17.2 Å². The molecule has 3 N–H and O–H groups in total. The van der Waals surface area contributed by atoms with Crippen LogP contribution in [0.4, 0.5) is 10.6 Å². The quantitative estimate of drug-likeness (QED) is 0.423. The van der Waals surface area contributed by atoms with Gasteiger partial charge in [-0.1, -0.05) is 24.3 Å². The van der Waals surface area contributed by atoms with E-state index in [1.165, 1.54) is 6.34 Å². The van der Waals surface area contributed by atoms with Gasteiger partial charge in [-0.2, -0.15) is 0 Å². The number of carbonyl (C=O) groups excluding carboxylic acids is 1. The van der Waals surface area contributed by atoms with Crippen LogP contribution in [0.25, 0.3) is 0 Å². The van der Waals surface area contributed by atoms with E-state index < -0.39 is 24.0 Å². The molecule has 39 heavy (non-hydrogen) atoms. The maximum atomic E-state index is 13.6. The summed E-state index contributed by atoms with van der Waals surface area (Å²) in [5, 5.41) is 23.0. The predicted octanol–water partition coefficient (Wildman–Crippen LogP) is 2.08. The molecule has 2 aromatic carbocycles. The van der Waals surface area contributed by atoms with Crippen molar-refractivity contribution in [3.8, 4) is 11.5 Å². The molecule has 0 aliphatic carbocycles. The molecule has 4 heterocycles. The molecule has 0 bridgehead atoms. The molecule has 2 fully saturated rings. The molecule has 3 aliphatic rings. The lowest BCUT2D eigenvalue weighted by Crippen LogP contribution is -2.45. The minimum absolute atomic E-state index is 0.253. The van der Waals surface area contributed by atoms with Gasteiger partial charge in [0.2, 0.25) is 0 Å². The van der Waals surface area contributed by atoms with Crippen LogP contribution in [0, 0.1) is 0 Å². The molecule has 12 nitrogen and oxygen atoms in total. The Hall–Kier alpha value is -4.26. The summed E-state index contributed by atoms with van der Waals surface area (Å²) in [5.41, 5.74) is 0.788. The fraction of sp³-hybridized carbons (Fsp3) is 0.333. The van der Waals surface area contributed by atoms with Crippen molar-refractivity contribution in [2.24, 2.45) is 9.98 Å². The van der Waals surface area contributed by atoms with Crippen molar-refractivity contribution in [3.63, 3.8) is 0 Å². The van der Waals surface area contributed by atoms with Crippen molar-refractivity contribution < 1.29 is 29.2 Å². The van der Waals surface area contributed by atoms with Gasteiger partial charge in [-0.05, 0) is 35.4 Å². The van der Waals surface area contributed by atoms with Gasteiger partial charge < -0.3 is 29.7 Å². The number of carbonyl (C=O) groups is 1. The van der Waals surface area contributed by atoms with E-state index in [0.29, 0.717) is 34.4 Å². The molecule has 0 saturated carbocycles. The topological polar surface area (TPSA) is 143 Å². The monoisotopic (exact) mass is 532 g/mol. The average molecular weight is 533 g/mol. The zero-order valence-corrected chi connectivity index (χ0v) is 21.4. The van der Waals surface area contributed by atoms with Gasteiger partial charge in [0.25, 0.3) is 0 Å². The van der Waals surface area contributed by atoms with Crippen LogP contribution in [0.2, 0.25) is 0 Å². The van der Waals surface area contributed by atoms with E-state index in [1.54, 1.807) is 30.0 Å². The number of hydrogen-bond donors (Lipinski definition) is 3. The molecular weight excluding hydrogens is 504 g/mol. The highest BCUT2D eigenvalue weighted by Gasteiger charge is 2.55. The molecule has 2 unspecified atom stereocenters. The third-order valence-electron chi connectivity index (χ3n) is 7.33.